The Kier molecular flexibility index (Phi) is 8.10. The Morgan fingerprint density at radius 3 is 2.10 bits per heavy atom. The molecule has 3 atom stereocenters. The van der Waals surface area contributed by atoms with Crippen LogP contribution in [-0.4, -0.2) is 30.1 Å². The lowest BCUT2D eigenvalue weighted by Gasteiger charge is -2.41. The van der Waals surface area contributed by atoms with E-state index in [9.17, 15) is 0 Å². The first-order valence-electron chi connectivity index (χ1n) is 9.81. The van der Waals surface area contributed by atoms with E-state index in [1.54, 1.807) is 0 Å². The number of hydrogen-bond acceptors (Lipinski definition) is 2. The van der Waals surface area contributed by atoms with Gasteiger partial charge < -0.3 is 5.73 Å². The van der Waals surface area contributed by atoms with Crippen LogP contribution in [0.2, 0.25) is 0 Å². The minimum atomic E-state index is 0.417. The van der Waals surface area contributed by atoms with Gasteiger partial charge >= 0.3 is 0 Å². The van der Waals surface area contributed by atoms with Gasteiger partial charge in [-0.3, -0.25) is 4.90 Å². The van der Waals surface area contributed by atoms with E-state index in [2.05, 4.69) is 11.8 Å². The first kappa shape index (κ1) is 17.3. The molecule has 0 spiro atoms. The summed E-state index contributed by atoms with van der Waals surface area (Å²) >= 11 is 0. The predicted molar refractivity (Wildman–Crippen MR) is 92.5 cm³/mol. The van der Waals surface area contributed by atoms with Crippen molar-refractivity contribution in [3.8, 4) is 0 Å². The highest BCUT2D eigenvalue weighted by atomic mass is 15.2. The van der Waals surface area contributed by atoms with E-state index in [4.69, 9.17) is 5.73 Å². The van der Waals surface area contributed by atoms with Crippen LogP contribution < -0.4 is 5.73 Å². The average molecular weight is 295 g/mol. The number of piperidine rings is 1. The molecule has 1 saturated carbocycles. The van der Waals surface area contributed by atoms with Gasteiger partial charge in [0.1, 0.15) is 0 Å². The maximum atomic E-state index is 6.64. The van der Waals surface area contributed by atoms with Crippen molar-refractivity contribution in [1.82, 2.24) is 4.90 Å². The van der Waals surface area contributed by atoms with Gasteiger partial charge in [0.15, 0.2) is 0 Å². The van der Waals surface area contributed by atoms with Crippen LogP contribution in [-0.2, 0) is 0 Å². The molecule has 2 nitrogen and oxygen atoms in total. The van der Waals surface area contributed by atoms with E-state index >= 15 is 0 Å². The molecule has 2 rings (SSSR count). The predicted octanol–water partition coefficient (Wildman–Crippen LogP) is 4.72. The van der Waals surface area contributed by atoms with Crippen LogP contribution >= 0.6 is 0 Å². The number of nitrogens with zero attached hydrogens (tertiary/aromatic N) is 1. The minimum absolute atomic E-state index is 0.417. The monoisotopic (exact) mass is 294 g/mol. The number of hydrogen-bond donors (Lipinski definition) is 1. The normalized spacial score (nSPS) is 34.9. The number of likely N-dealkylation sites (tertiary alicyclic amines) is 1. The molecule has 0 radical (unpaired) electrons. The smallest absolute Gasteiger partial charge is 0.0247 e. The van der Waals surface area contributed by atoms with Crippen molar-refractivity contribution < 1.29 is 0 Å². The van der Waals surface area contributed by atoms with Gasteiger partial charge in [-0.25, -0.2) is 0 Å². The van der Waals surface area contributed by atoms with Crippen LogP contribution in [0.4, 0.5) is 0 Å². The fraction of sp³-hybridized carbons (Fsp3) is 1.00. The third kappa shape index (κ3) is 5.90. The molecule has 0 aromatic rings. The van der Waals surface area contributed by atoms with Crippen molar-refractivity contribution >= 4 is 0 Å². The lowest BCUT2D eigenvalue weighted by molar-refractivity contribution is 0.0947. The molecule has 1 aliphatic heterocycles. The Balaban J connectivity index is 1.90. The van der Waals surface area contributed by atoms with Gasteiger partial charge in [-0.05, 0) is 38.1 Å². The zero-order valence-electron chi connectivity index (χ0n) is 14.4. The first-order chi connectivity index (χ1) is 10.3. The van der Waals surface area contributed by atoms with Crippen molar-refractivity contribution in [2.24, 2.45) is 11.7 Å². The second-order valence-electron chi connectivity index (χ2n) is 7.55. The molecule has 0 amide bonds. The van der Waals surface area contributed by atoms with Gasteiger partial charge in [0.2, 0.25) is 0 Å². The van der Waals surface area contributed by atoms with Gasteiger partial charge in [0.05, 0.1) is 0 Å². The molecule has 2 N–H and O–H groups in total. The van der Waals surface area contributed by atoms with Crippen molar-refractivity contribution in [3.63, 3.8) is 0 Å². The van der Waals surface area contributed by atoms with E-state index in [0.29, 0.717) is 12.1 Å². The average Bonchev–Trinajstić information content (AvgIpc) is 2.51. The second-order valence-corrected chi connectivity index (χ2v) is 7.55. The van der Waals surface area contributed by atoms with E-state index in [1.807, 2.05) is 0 Å². The molecule has 2 heteroatoms. The fourth-order valence-electron chi connectivity index (χ4n) is 4.39. The van der Waals surface area contributed by atoms with Gasteiger partial charge in [0, 0.05) is 18.6 Å². The van der Waals surface area contributed by atoms with Gasteiger partial charge in [-0.1, -0.05) is 64.7 Å². The Hall–Kier alpha value is -0.0800. The Morgan fingerprint density at radius 1 is 0.810 bits per heavy atom. The Morgan fingerprint density at radius 2 is 1.43 bits per heavy atom. The molecule has 2 aliphatic rings. The summed E-state index contributed by atoms with van der Waals surface area (Å²) < 4.78 is 0. The molecule has 1 aliphatic carbocycles. The van der Waals surface area contributed by atoms with Crippen LogP contribution in [0.15, 0.2) is 0 Å². The van der Waals surface area contributed by atoms with Gasteiger partial charge in [0.25, 0.3) is 0 Å². The fourth-order valence-corrected chi connectivity index (χ4v) is 4.39. The molecular weight excluding hydrogens is 256 g/mol. The molecule has 0 aromatic carbocycles. The van der Waals surface area contributed by atoms with Gasteiger partial charge in [-0.15, -0.1) is 0 Å². The van der Waals surface area contributed by atoms with Crippen LogP contribution in [0.25, 0.3) is 0 Å². The molecule has 124 valence electrons. The Bertz CT molecular complexity index is 266. The molecule has 2 fully saturated rings. The van der Waals surface area contributed by atoms with Crippen molar-refractivity contribution in [3.05, 3.63) is 0 Å². The van der Waals surface area contributed by atoms with Crippen molar-refractivity contribution in [2.75, 3.05) is 13.1 Å². The third-order valence-corrected chi connectivity index (χ3v) is 5.88. The lowest BCUT2D eigenvalue weighted by Crippen LogP contribution is -2.51. The topological polar surface area (TPSA) is 29.3 Å². The van der Waals surface area contributed by atoms with E-state index in [1.165, 1.54) is 96.6 Å². The second kappa shape index (κ2) is 9.84. The summed E-state index contributed by atoms with van der Waals surface area (Å²) in [6.45, 7) is 4.97. The van der Waals surface area contributed by atoms with E-state index in [0.717, 1.165) is 5.92 Å². The number of rotatable bonds is 2. The largest absolute Gasteiger partial charge is 0.326 e. The molecule has 1 saturated heterocycles. The van der Waals surface area contributed by atoms with Crippen LogP contribution in [0.5, 0.6) is 0 Å². The van der Waals surface area contributed by atoms with Crippen LogP contribution in [0.1, 0.15) is 90.4 Å². The summed E-state index contributed by atoms with van der Waals surface area (Å²) in [5, 5.41) is 0. The molecule has 0 aromatic heterocycles. The maximum absolute atomic E-state index is 6.64. The lowest BCUT2D eigenvalue weighted by atomic mass is 9.89. The number of nitrogens with two attached hydrogens (primary N) is 1. The quantitative estimate of drug-likeness (QED) is 0.798. The SMILES string of the molecule is CCC1CCCN(C2CCCCCCCCCCC2N)C1. The summed E-state index contributed by atoms with van der Waals surface area (Å²) in [7, 11) is 0. The zero-order valence-corrected chi connectivity index (χ0v) is 14.4. The summed E-state index contributed by atoms with van der Waals surface area (Å²) in [4.78, 5) is 2.77. The molecule has 3 unspecified atom stereocenters. The molecule has 21 heavy (non-hydrogen) atoms. The minimum Gasteiger partial charge on any atom is -0.326 e. The molecule has 0 bridgehead atoms. The highest BCUT2D eigenvalue weighted by Gasteiger charge is 2.28. The van der Waals surface area contributed by atoms with Crippen LogP contribution in [0, 0.1) is 5.92 Å². The third-order valence-electron chi connectivity index (χ3n) is 5.88. The van der Waals surface area contributed by atoms with Crippen molar-refractivity contribution in [1.29, 1.82) is 0 Å². The summed E-state index contributed by atoms with van der Waals surface area (Å²) in [5.41, 5.74) is 6.64. The zero-order chi connectivity index (χ0) is 14.9. The summed E-state index contributed by atoms with van der Waals surface area (Å²) in [6, 6.07) is 1.08. The van der Waals surface area contributed by atoms with Crippen molar-refractivity contribution in [2.45, 2.75) is 102 Å². The molecular formula is C19H38N2. The standard InChI is InChI=1S/C19H38N2/c1-2-17-12-11-15-21(16-17)19-14-10-8-6-4-3-5-7-9-13-18(19)20/h17-19H,2-16,20H2,1H3. The maximum Gasteiger partial charge on any atom is 0.0247 e. The highest BCUT2D eigenvalue weighted by molar-refractivity contribution is 4.86. The van der Waals surface area contributed by atoms with Crippen LogP contribution in [0.3, 0.4) is 0 Å². The highest BCUT2D eigenvalue weighted by Crippen LogP contribution is 2.26. The Labute approximate surface area is 132 Å². The summed E-state index contributed by atoms with van der Waals surface area (Å²) in [5.74, 6) is 0.923. The first-order valence-corrected chi connectivity index (χ1v) is 9.81. The van der Waals surface area contributed by atoms with E-state index < -0.39 is 0 Å². The van der Waals surface area contributed by atoms with Gasteiger partial charge in [-0.2, -0.15) is 0 Å². The van der Waals surface area contributed by atoms with E-state index in [-0.39, 0.29) is 0 Å². The molecule has 1 heterocycles. The summed E-state index contributed by atoms with van der Waals surface area (Å²) in [6.07, 6.45) is 18.1.